The van der Waals surface area contributed by atoms with Crippen LogP contribution in [0.1, 0.15) is 16.1 Å². The molecule has 1 aliphatic rings. The molecule has 4 nitrogen and oxygen atoms in total. The molecule has 0 spiro atoms. The number of thiazole rings is 1. The standard InChI is InChI=1S/C14H12ClN3OS/c15-10-4-2-1-3-9(10)5-6-13(19)18-7-11-12(8-18)20-14(16)17-11/h1-6H,7-8H2,(H2,16,17)/b6-5+. The smallest absolute Gasteiger partial charge is 0.247 e. The maximum atomic E-state index is 12.1. The Hall–Kier alpha value is -1.85. The summed E-state index contributed by atoms with van der Waals surface area (Å²) in [5, 5.41) is 1.19. The molecule has 3 rings (SSSR count). The van der Waals surface area contributed by atoms with Crippen LogP contribution in [0.5, 0.6) is 0 Å². The van der Waals surface area contributed by atoms with Crippen molar-refractivity contribution in [2.75, 3.05) is 5.73 Å². The zero-order valence-corrected chi connectivity index (χ0v) is 12.1. The van der Waals surface area contributed by atoms with Crippen LogP contribution >= 0.6 is 22.9 Å². The molecule has 2 aromatic rings. The minimum atomic E-state index is -0.0475. The maximum absolute atomic E-state index is 12.1. The third-order valence-corrected chi connectivity index (χ3v) is 4.35. The van der Waals surface area contributed by atoms with Gasteiger partial charge in [0, 0.05) is 11.1 Å². The quantitative estimate of drug-likeness (QED) is 0.868. The van der Waals surface area contributed by atoms with E-state index in [1.54, 1.807) is 23.1 Å². The SMILES string of the molecule is Nc1nc2c(s1)CN(C(=O)/C=C/c1ccccc1Cl)C2. The summed E-state index contributed by atoms with van der Waals surface area (Å²) in [6.45, 7) is 1.10. The van der Waals surface area contributed by atoms with Gasteiger partial charge >= 0.3 is 0 Å². The fourth-order valence-corrected chi connectivity index (χ4v) is 3.15. The fraction of sp³-hybridized carbons (Fsp3) is 0.143. The van der Waals surface area contributed by atoms with Crippen molar-refractivity contribution in [2.45, 2.75) is 13.1 Å². The summed E-state index contributed by atoms with van der Waals surface area (Å²) >= 11 is 7.48. The Bertz CT molecular complexity index is 672. The molecule has 1 amide bonds. The van der Waals surface area contributed by atoms with Crippen LogP contribution in [0.2, 0.25) is 5.02 Å². The van der Waals surface area contributed by atoms with Crippen molar-refractivity contribution in [3.05, 3.63) is 51.5 Å². The minimum absolute atomic E-state index is 0.0475. The van der Waals surface area contributed by atoms with Crippen LogP contribution < -0.4 is 5.73 Å². The van der Waals surface area contributed by atoms with E-state index < -0.39 is 0 Å². The molecule has 1 aliphatic heterocycles. The highest BCUT2D eigenvalue weighted by Gasteiger charge is 2.25. The molecule has 1 aromatic heterocycles. The number of amides is 1. The molecule has 0 aliphatic carbocycles. The number of hydrogen-bond acceptors (Lipinski definition) is 4. The molecule has 6 heteroatoms. The molecule has 0 unspecified atom stereocenters. The molecular formula is C14H12ClN3OS. The predicted octanol–water partition coefficient (Wildman–Crippen LogP) is 2.93. The average molecular weight is 306 g/mol. The van der Waals surface area contributed by atoms with Crippen molar-refractivity contribution in [3.63, 3.8) is 0 Å². The molecule has 2 heterocycles. The molecule has 0 bridgehead atoms. The van der Waals surface area contributed by atoms with Crippen molar-refractivity contribution >= 4 is 40.1 Å². The van der Waals surface area contributed by atoms with Crippen molar-refractivity contribution in [1.29, 1.82) is 0 Å². The lowest BCUT2D eigenvalue weighted by Gasteiger charge is -2.12. The second-order valence-electron chi connectivity index (χ2n) is 4.47. The topological polar surface area (TPSA) is 59.2 Å². The molecule has 0 radical (unpaired) electrons. The van der Waals surface area contributed by atoms with Crippen LogP contribution in [-0.2, 0) is 17.9 Å². The molecule has 20 heavy (non-hydrogen) atoms. The van der Waals surface area contributed by atoms with Crippen LogP contribution in [-0.4, -0.2) is 15.8 Å². The highest BCUT2D eigenvalue weighted by molar-refractivity contribution is 7.15. The molecule has 1 aromatic carbocycles. The molecule has 0 atom stereocenters. The zero-order valence-electron chi connectivity index (χ0n) is 10.5. The number of carbonyl (C=O) groups excluding carboxylic acids is 1. The van der Waals surface area contributed by atoms with Gasteiger partial charge < -0.3 is 10.6 Å². The van der Waals surface area contributed by atoms with Crippen LogP contribution in [0.4, 0.5) is 5.13 Å². The van der Waals surface area contributed by atoms with E-state index in [2.05, 4.69) is 4.98 Å². The molecule has 2 N–H and O–H groups in total. The van der Waals surface area contributed by atoms with Gasteiger partial charge in [0.15, 0.2) is 5.13 Å². The lowest BCUT2D eigenvalue weighted by Crippen LogP contribution is -2.23. The Morgan fingerprint density at radius 1 is 1.40 bits per heavy atom. The Kier molecular flexibility index (Phi) is 3.46. The molecular weight excluding hydrogens is 294 g/mol. The third kappa shape index (κ3) is 2.55. The van der Waals surface area contributed by atoms with Gasteiger partial charge in [-0.2, -0.15) is 0 Å². The average Bonchev–Trinajstić information content (AvgIpc) is 2.94. The van der Waals surface area contributed by atoms with E-state index in [1.165, 1.54) is 11.3 Å². The monoisotopic (exact) mass is 305 g/mol. The second kappa shape index (κ2) is 5.26. The Labute approximate surface area is 125 Å². The predicted molar refractivity (Wildman–Crippen MR) is 81.3 cm³/mol. The first-order valence-corrected chi connectivity index (χ1v) is 7.28. The highest BCUT2D eigenvalue weighted by Crippen LogP contribution is 2.29. The van der Waals surface area contributed by atoms with Crippen molar-refractivity contribution in [1.82, 2.24) is 9.88 Å². The van der Waals surface area contributed by atoms with Crippen LogP contribution in [0.3, 0.4) is 0 Å². The zero-order chi connectivity index (χ0) is 14.1. The van der Waals surface area contributed by atoms with Crippen molar-refractivity contribution in [2.24, 2.45) is 0 Å². The first kappa shape index (κ1) is 13.1. The number of nitrogens with zero attached hydrogens (tertiary/aromatic N) is 2. The van der Waals surface area contributed by atoms with Gasteiger partial charge in [0.2, 0.25) is 5.91 Å². The summed E-state index contributed by atoms with van der Waals surface area (Å²) in [5.74, 6) is -0.0475. The number of fused-ring (bicyclic) bond motifs is 1. The molecule has 102 valence electrons. The van der Waals surface area contributed by atoms with Gasteiger partial charge in [0.25, 0.3) is 0 Å². The Morgan fingerprint density at radius 2 is 2.20 bits per heavy atom. The van der Waals surface area contributed by atoms with Gasteiger partial charge in [-0.25, -0.2) is 4.98 Å². The van der Waals surface area contributed by atoms with E-state index in [0.29, 0.717) is 23.2 Å². The van der Waals surface area contributed by atoms with E-state index in [-0.39, 0.29) is 5.91 Å². The summed E-state index contributed by atoms with van der Waals surface area (Å²) in [6.07, 6.45) is 3.28. The van der Waals surface area contributed by atoms with Crippen LogP contribution in [0, 0.1) is 0 Å². The van der Waals surface area contributed by atoms with E-state index in [4.69, 9.17) is 17.3 Å². The second-order valence-corrected chi connectivity index (χ2v) is 5.99. The number of hydrogen-bond donors (Lipinski definition) is 1. The Morgan fingerprint density at radius 3 is 2.95 bits per heavy atom. The normalized spacial score (nSPS) is 13.9. The summed E-state index contributed by atoms with van der Waals surface area (Å²) < 4.78 is 0. The van der Waals surface area contributed by atoms with Crippen molar-refractivity contribution in [3.8, 4) is 0 Å². The number of benzene rings is 1. The Balaban J connectivity index is 1.69. The first-order chi connectivity index (χ1) is 9.63. The highest BCUT2D eigenvalue weighted by atomic mass is 35.5. The number of nitrogen functional groups attached to an aromatic ring is 1. The lowest BCUT2D eigenvalue weighted by molar-refractivity contribution is -0.126. The largest absolute Gasteiger partial charge is 0.375 e. The summed E-state index contributed by atoms with van der Waals surface area (Å²) in [4.78, 5) is 19.1. The van der Waals surface area contributed by atoms with E-state index in [0.717, 1.165) is 16.1 Å². The van der Waals surface area contributed by atoms with Crippen LogP contribution in [0.25, 0.3) is 6.08 Å². The molecule has 0 fully saturated rings. The summed E-state index contributed by atoms with van der Waals surface area (Å²) in [7, 11) is 0. The number of carbonyl (C=O) groups is 1. The van der Waals surface area contributed by atoms with Gasteiger partial charge in [-0.3, -0.25) is 4.79 Å². The van der Waals surface area contributed by atoms with Crippen LogP contribution in [0.15, 0.2) is 30.3 Å². The summed E-state index contributed by atoms with van der Waals surface area (Å²) in [5.41, 5.74) is 7.38. The number of aromatic nitrogens is 1. The minimum Gasteiger partial charge on any atom is -0.375 e. The van der Waals surface area contributed by atoms with E-state index in [1.807, 2.05) is 18.2 Å². The first-order valence-electron chi connectivity index (χ1n) is 6.09. The number of anilines is 1. The van der Waals surface area contributed by atoms with E-state index >= 15 is 0 Å². The van der Waals surface area contributed by atoms with Crippen molar-refractivity contribution < 1.29 is 4.79 Å². The van der Waals surface area contributed by atoms with Gasteiger partial charge in [-0.05, 0) is 17.7 Å². The lowest BCUT2D eigenvalue weighted by atomic mass is 10.2. The van der Waals surface area contributed by atoms with Gasteiger partial charge in [-0.15, -0.1) is 11.3 Å². The maximum Gasteiger partial charge on any atom is 0.247 e. The number of nitrogens with two attached hydrogens (primary N) is 1. The van der Waals surface area contributed by atoms with E-state index in [9.17, 15) is 4.79 Å². The fourth-order valence-electron chi connectivity index (χ4n) is 2.09. The van der Waals surface area contributed by atoms with Gasteiger partial charge in [0.05, 0.1) is 23.7 Å². The van der Waals surface area contributed by atoms with Gasteiger partial charge in [-0.1, -0.05) is 29.8 Å². The van der Waals surface area contributed by atoms with Gasteiger partial charge in [0.1, 0.15) is 0 Å². The molecule has 0 saturated heterocycles. The third-order valence-electron chi connectivity index (χ3n) is 3.09. The number of halogens is 1. The molecule has 0 saturated carbocycles. The summed E-state index contributed by atoms with van der Waals surface area (Å²) in [6, 6.07) is 7.41. The number of rotatable bonds is 2.